The summed E-state index contributed by atoms with van der Waals surface area (Å²) in [6.45, 7) is 0.950. The van der Waals surface area contributed by atoms with Crippen LogP contribution < -0.4 is 10.6 Å². The highest BCUT2D eigenvalue weighted by Gasteiger charge is 2.20. The first-order valence-electron chi connectivity index (χ1n) is 5.79. The molecule has 17 heavy (non-hydrogen) atoms. The number of amides is 1. The molecule has 1 amide bonds. The van der Waals surface area contributed by atoms with Gasteiger partial charge in [0, 0.05) is 6.54 Å². The fourth-order valence-electron chi connectivity index (χ4n) is 1.59. The van der Waals surface area contributed by atoms with E-state index in [-0.39, 0.29) is 12.3 Å². The molecule has 1 saturated carbocycles. The Balaban J connectivity index is 1.98. The number of nitriles is 1. The second-order valence-corrected chi connectivity index (χ2v) is 4.25. The number of para-hydroxylation sites is 2. The lowest BCUT2D eigenvalue weighted by atomic mass is 10.2. The highest BCUT2D eigenvalue weighted by molar-refractivity contribution is 5.95. The van der Waals surface area contributed by atoms with Crippen LogP contribution in [0.3, 0.4) is 0 Å². The van der Waals surface area contributed by atoms with Gasteiger partial charge in [-0.2, -0.15) is 5.26 Å². The minimum absolute atomic E-state index is 0.114. The number of rotatable bonds is 5. The highest BCUT2D eigenvalue weighted by Crippen LogP contribution is 2.30. The van der Waals surface area contributed by atoms with E-state index in [1.165, 1.54) is 12.8 Å². The summed E-state index contributed by atoms with van der Waals surface area (Å²) in [5, 5.41) is 14.5. The molecule has 1 aromatic carbocycles. The number of hydrogen-bond acceptors (Lipinski definition) is 3. The molecule has 2 N–H and O–H groups in total. The van der Waals surface area contributed by atoms with Crippen molar-refractivity contribution < 1.29 is 4.79 Å². The Kier molecular flexibility index (Phi) is 3.61. The number of anilines is 2. The van der Waals surface area contributed by atoms with Crippen LogP contribution in [0, 0.1) is 17.2 Å². The molecule has 1 aliphatic rings. The maximum absolute atomic E-state index is 11.4. The lowest BCUT2D eigenvalue weighted by Gasteiger charge is -2.11. The van der Waals surface area contributed by atoms with Gasteiger partial charge in [0.15, 0.2) is 0 Å². The average molecular weight is 229 g/mol. The molecule has 0 atom stereocenters. The van der Waals surface area contributed by atoms with Gasteiger partial charge in [0.2, 0.25) is 5.91 Å². The molecule has 0 radical (unpaired) electrons. The molecular formula is C13H15N3O. The third-order valence-corrected chi connectivity index (χ3v) is 2.72. The van der Waals surface area contributed by atoms with E-state index in [2.05, 4.69) is 10.6 Å². The molecule has 1 fully saturated rings. The molecule has 0 heterocycles. The van der Waals surface area contributed by atoms with Crippen molar-refractivity contribution in [2.75, 3.05) is 17.2 Å². The highest BCUT2D eigenvalue weighted by atomic mass is 16.1. The number of carbonyl (C=O) groups excluding carboxylic acids is 1. The first-order chi connectivity index (χ1) is 8.29. The minimum Gasteiger partial charge on any atom is -0.383 e. The molecule has 88 valence electrons. The zero-order chi connectivity index (χ0) is 12.1. The summed E-state index contributed by atoms with van der Waals surface area (Å²) in [6, 6.07) is 9.40. The SMILES string of the molecule is N#CCC(=O)Nc1ccccc1NCC1CC1. The Morgan fingerprint density at radius 2 is 2.06 bits per heavy atom. The fraction of sp³-hybridized carbons (Fsp3) is 0.385. The summed E-state index contributed by atoms with van der Waals surface area (Å²) in [6.07, 6.45) is 2.46. The van der Waals surface area contributed by atoms with Crippen molar-refractivity contribution in [3.8, 4) is 6.07 Å². The Morgan fingerprint density at radius 1 is 1.35 bits per heavy atom. The summed E-state index contributed by atoms with van der Waals surface area (Å²) in [7, 11) is 0. The first kappa shape index (κ1) is 11.5. The Labute approximate surface area is 101 Å². The zero-order valence-corrected chi connectivity index (χ0v) is 9.57. The molecule has 1 aliphatic carbocycles. The number of carbonyl (C=O) groups is 1. The number of hydrogen-bond donors (Lipinski definition) is 2. The average Bonchev–Trinajstić information content (AvgIpc) is 3.12. The van der Waals surface area contributed by atoms with Crippen LogP contribution in [0.1, 0.15) is 19.3 Å². The van der Waals surface area contributed by atoms with Crippen LogP contribution in [0.5, 0.6) is 0 Å². The second-order valence-electron chi connectivity index (χ2n) is 4.25. The molecule has 4 nitrogen and oxygen atoms in total. The van der Waals surface area contributed by atoms with Crippen molar-refractivity contribution in [2.45, 2.75) is 19.3 Å². The molecule has 2 rings (SSSR count). The van der Waals surface area contributed by atoms with Crippen LogP contribution in [0.4, 0.5) is 11.4 Å². The van der Waals surface area contributed by atoms with E-state index < -0.39 is 0 Å². The smallest absolute Gasteiger partial charge is 0.238 e. The predicted octanol–water partition coefficient (Wildman–Crippen LogP) is 2.36. The normalized spacial score (nSPS) is 13.8. The van der Waals surface area contributed by atoms with Crippen LogP contribution in [0.15, 0.2) is 24.3 Å². The fourth-order valence-corrected chi connectivity index (χ4v) is 1.59. The van der Waals surface area contributed by atoms with Gasteiger partial charge in [-0.25, -0.2) is 0 Å². The van der Waals surface area contributed by atoms with E-state index in [4.69, 9.17) is 5.26 Å². The predicted molar refractivity (Wildman–Crippen MR) is 66.5 cm³/mol. The van der Waals surface area contributed by atoms with Gasteiger partial charge in [-0.15, -0.1) is 0 Å². The monoisotopic (exact) mass is 229 g/mol. The van der Waals surface area contributed by atoms with Crippen molar-refractivity contribution in [3.63, 3.8) is 0 Å². The molecule has 0 spiro atoms. The van der Waals surface area contributed by atoms with Gasteiger partial charge in [0.05, 0.1) is 17.4 Å². The van der Waals surface area contributed by atoms with Crippen molar-refractivity contribution >= 4 is 17.3 Å². The minimum atomic E-state index is -0.270. The van der Waals surface area contributed by atoms with Gasteiger partial charge in [-0.3, -0.25) is 4.79 Å². The molecule has 0 bridgehead atoms. The van der Waals surface area contributed by atoms with E-state index >= 15 is 0 Å². The van der Waals surface area contributed by atoms with Crippen molar-refractivity contribution in [1.82, 2.24) is 0 Å². The summed E-state index contributed by atoms with van der Waals surface area (Å²) in [5.41, 5.74) is 1.67. The van der Waals surface area contributed by atoms with E-state index in [0.29, 0.717) is 0 Å². The van der Waals surface area contributed by atoms with Gasteiger partial charge in [0.25, 0.3) is 0 Å². The zero-order valence-electron chi connectivity index (χ0n) is 9.57. The number of nitrogens with one attached hydrogen (secondary N) is 2. The Hall–Kier alpha value is -2.02. The van der Waals surface area contributed by atoms with Gasteiger partial charge < -0.3 is 10.6 Å². The molecule has 0 unspecified atom stereocenters. The molecule has 0 aromatic heterocycles. The van der Waals surface area contributed by atoms with Crippen molar-refractivity contribution in [1.29, 1.82) is 5.26 Å². The van der Waals surface area contributed by atoms with Gasteiger partial charge >= 0.3 is 0 Å². The lowest BCUT2D eigenvalue weighted by Crippen LogP contribution is -2.13. The van der Waals surface area contributed by atoms with Crippen molar-refractivity contribution in [3.05, 3.63) is 24.3 Å². The van der Waals surface area contributed by atoms with Crippen LogP contribution >= 0.6 is 0 Å². The van der Waals surface area contributed by atoms with Gasteiger partial charge in [0.1, 0.15) is 6.42 Å². The Morgan fingerprint density at radius 3 is 2.71 bits per heavy atom. The molecule has 0 saturated heterocycles. The van der Waals surface area contributed by atoms with Crippen LogP contribution in [-0.2, 0) is 4.79 Å². The lowest BCUT2D eigenvalue weighted by molar-refractivity contribution is -0.115. The molecule has 4 heteroatoms. The third-order valence-electron chi connectivity index (χ3n) is 2.72. The van der Waals surface area contributed by atoms with E-state index in [9.17, 15) is 4.79 Å². The summed E-state index contributed by atoms with van der Waals surface area (Å²) in [4.78, 5) is 11.4. The quantitative estimate of drug-likeness (QED) is 0.814. The maximum Gasteiger partial charge on any atom is 0.238 e. The first-order valence-corrected chi connectivity index (χ1v) is 5.79. The Bertz CT molecular complexity index is 446. The number of nitrogens with zero attached hydrogens (tertiary/aromatic N) is 1. The summed E-state index contributed by atoms with van der Waals surface area (Å²) >= 11 is 0. The summed E-state index contributed by atoms with van der Waals surface area (Å²) < 4.78 is 0. The van der Waals surface area contributed by atoms with Gasteiger partial charge in [-0.05, 0) is 30.9 Å². The summed E-state index contributed by atoms with van der Waals surface area (Å²) in [5.74, 6) is 0.506. The van der Waals surface area contributed by atoms with E-state index in [1.807, 2.05) is 30.3 Å². The van der Waals surface area contributed by atoms with Crippen LogP contribution in [0.2, 0.25) is 0 Å². The van der Waals surface area contributed by atoms with Gasteiger partial charge in [-0.1, -0.05) is 12.1 Å². The topological polar surface area (TPSA) is 64.9 Å². The van der Waals surface area contributed by atoms with E-state index in [1.54, 1.807) is 0 Å². The van der Waals surface area contributed by atoms with E-state index in [0.717, 1.165) is 23.8 Å². The standard InChI is InChI=1S/C13H15N3O/c14-8-7-13(17)16-12-4-2-1-3-11(12)15-9-10-5-6-10/h1-4,10,15H,5-7,9H2,(H,16,17). The third kappa shape index (κ3) is 3.49. The second kappa shape index (κ2) is 5.35. The largest absolute Gasteiger partial charge is 0.383 e. The molecule has 0 aliphatic heterocycles. The van der Waals surface area contributed by atoms with Crippen LogP contribution in [0.25, 0.3) is 0 Å². The van der Waals surface area contributed by atoms with Crippen molar-refractivity contribution in [2.24, 2.45) is 5.92 Å². The van der Waals surface area contributed by atoms with Crippen LogP contribution in [-0.4, -0.2) is 12.5 Å². The maximum atomic E-state index is 11.4. The number of benzene rings is 1. The molecule has 1 aromatic rings. The molecular weight excluding hydrogens is 214 g/mol.